The van der Waals surface area contributed by atoms with E-state index >= 15 is 0 Å². The quantitative estimate of drug-likeness (QED) is 0.847. The molecule has 6 heteroatoms. The zero-order valence-electron chi connectivity index (χ0n) is 11.8. The van der Waals surface area contributed by atoms with Crippen LogP contribution in [0, 0.1) is 5.41 Å². The second-order valence-corrected chi connectivity index (χ2v) is 5.54. The molecule has 1 aliphatic carbocycles. The molecule has 1 fully saturated rings. The highest BCUT2D eigenvalue weighted by molar-refractivity contribution is 5.85. The van der Waals surface area contributed by atoms with Crippen LogP contribution in [0.5, 0.6) is 0 Å². The Morgan fingerprint density at radius 2 is 1.90 bits per heavy atom. The molecular weight excluding hydrogens is 298 g/mol. The SMILES string of the molecule is Cl.NCC(F)(F)CNC(=O)C1(Cc2ccccc2)CCC1. The fourth-order valence-corrected chi connectivity index (χ4v) is 2.54. The number of rotatable bonds is 6. The fraction of sp³-hybridized carbons (Fsp3) is 0.533. The maximum absolute atomic E-state index is 13.1. The Labute approximate surface area is 129 Å². The van der Waals surface area contributed by atoms with Gasteiger partial charge in [-0.1, -0.05) is 36.8 Å². The number of halogens is 3. The molecule has 1 aliphatic rings. The van der Waals surface area contributed by atoms with E-state index in [4.69, 9.17) is 5.73 Å². The summed E-state index contributed by atoms with van der Waals surface area (Å²) in [7, 11) is 0. The number of alkyl halides is 2. The van der Waals surface area contributed by atoms with Crippen LogP contribution < -0.4 is 11.1 Å². The summed E-state index contributed by atoms with van der Waals surface area (Å²) in [5.41, 5.74) is 5.51. The van der Waals surface area contributed by atoms with E-state index in [-0.39, 0.29) is 18.3 Å². The van der Waals surface area contributed by atoms with Gasteiger partial charge in [0.2, 0.25) is 5.91 Å². The van der Waals surface area contributed by atoms with Crippen LogP contribution in [-0.4, -0.2) is 24.9 Å². The summed E-state index contributed by atoms with van der Waals surface area (Å²) in [6.07, 6.45) is 3.07. The van der Waals surface area contributed by atoms with Gasteiger partial charge < -0.3 is 11.1 Å². The molecule has 1 aromatic rings. The molecular formula is C15H21ClF2N2O. The van der Waals surface area contributed by atoms with Crippen LogP contribution in [0.1, 0.15) is 24.8 Å². The highest BCUT2D eigenvalue weighted by Crippen LogP contribution is 2.44. The van der Waals surface area contributed by atoms with Crippen LogP contribution in [0.25, 0.3) is 0 Å². The van der Waals surface area contributed by atoms with Gasteiger partial charge in [0.05, 0.1) is 18.5 Å². The number of amides is 1. The van der Waals surface area contributed by atoms with Crippen molar-refractivity contribution in [3.63, 3.8) is 0 Å². The first-order chi connectivity index (χ1) is 9.47. The Morgan fingerprint density at radius 1 is 1.29 bits per heavy atom. The van der Waals surface area contributed by atoms with Gasteiger partial charge in [-0.3, -0.25) is 4.79 Å². The highest BCUT2D eigenvalue weighted by atomic mass is 35.5. The van der Waals surface area contributed by atoms with Crippen molar-refractivity contribution in [2.24, 2.45) is 11.1 Å². The minimum Gasteiger partial charge on any atom is -0.350 e. The summed E-state index contributed by atoms with van der Waals surface area (Å²) in [6.45, 7) is -1.43. The normalized spacial score (nSPS) is 16.5. The molecule has 21 heavy (non-hydrogen) atoms. The van der Waals surface area contributed by atoms with Gasteiger partial charge in [-0.05, 0) is 24.8 Å². The van der Waals surface area contributed by atoms with Gasteiger partial charge >= 0.3 is 0 Å². The van der Waals surface area contributed by atoms with Crippen molar-refractivity contribution in [3.05, 3.63) is 35.9 Å². The third kappa shape index (κ3) is 4.38. The molecule has 0 bridgehead atoms. The molecule has 0 heterocycles. The van der Waals surface area contributed by atoms with E-state index in [1.165, 1.54) is 0 Å². The molecule has 3 N–H and O–H groups in total. The third-order valence-electron chi connectivity index (χ3n) is 3.98. The van der Waals surface area contributed by atoms with E-state index in [2.05, 4.69) is 5.32 Å². The van der Waals surface area contributed by atoms with E-state index < -0.39 is 24.4 Å². The maximum atomic E-state index is 13.1. The largest absolute Gasteiger partial charge is 0.350 e. The monoisotopic (exact) mass is 318 g/mol. The van der Waals surface area contributed by atoms with Crippen LogP contribution in [0.4, 0.5) is 8.78 Å². The Morgan fingerprint density at radius 3 is 2.38 bits per heavy atom. The summed E-state index contributed by atoms with van der Waals surface area (Å²) in [4.78, 5) is 12.2. The summed E-state index contributed by atoms with van der Waals surface area (Å²) in [5, 5.41) is 2.37. The molecule has 0 saturated heterocycles. The molecule has 1 aromatic carbocycles. The first-order valence-corrected chi connectivity index (χ1v) is 6.88. The van der Waals surface area contributed by atoms with Crippen LogP contribution in [-0.2, 0) is 11.2 Å². The number of nitrogens with two attached hydrogens (primary N) is 1. The van der Waals surface area contributed by atoms with Crippen LogP contribution in [0.15, 0.2) is 30.3 Å². The molecule has 0 atom stereocenters. The zero-order chi connectivity index (χ0) is 14.6. The van der Waals surface area contributed by atoms with Gasteiger partial charge in [-0.15, -0.1) is 12.4 Å². The average molecular weight is 319 g/mol. The molecule has 1 amide bonds. The fourth-order valence-electron chi connectivity index (χ4n) is 2.54. The Hall–Kier alpha value is -1.20. The van der Waals surface area contributed by atoms with E-state index in [0.717, 1.165) is 24.8 Å². The summed E-state index contributed by atoms with van der Waals surface area (Å²) in [5.74, 6) is -3.31. The van der Waals surface area contributed by atoms with Gasteiger partial charge in [-0.2, -0.15) is 0 Å². The van der Waals surface area contributed by atoms with Crippen molar-refractivity contribution in [1.82, 2.24) is 5.32 Å². The first-order valence-electron chi connectivity index (χ1n) is 6.88. The van der Waals surface area contributed by atoms with E-state index in [9.17, 15) is 13.6 Å². The number of benzene rings is 1. The molecule has 0 spiro atoms. The number of nitrogens with one attached hydrogen (secondary N) is 1. The summed E-state index contributed by atoms with van der Waals surface area (Å²) >= 11 is 0. The predicted octanol–water partition coefficient (Wildman–Crippen LogP) is 2.53. The van der Waals surface area contributed by atoms with Crippen molar-refractivity contribution >= 4 is 18.3 Å². The molecule has 0 radical (unpaired) electrons. The van der Waals surface area contributed by atoms with E-state index in [1.807, 2.05) is 30.3 Å². The highest BCUT2D eigenvalue weighted by Gasteiger charge is 2.44. The van der Waals surface area contributed by atoms with Gasteiger partial charge in [-0.25, -0.2) is 8.78 Å². The van der Waals surface area contributed by atoms with E-state index in [1.54, 1.807) is 0 Å². The van der Waals surface area contributed by atoms with Crippen LogP contribution in [0.2, 0.25) is 0 Å². The number of carbonyl (C=O) groups excluding carboxylic acids is 1. The molecule has 0 unspecified atom stereocenters. The third-order valence-corrected chi connectivity index (χ3v) is 3.98. The first kappa shape index (κ1) is 17.9. The van der Waals surface area contributed by atoms with Crippen molar-refractivity contribution in [3.8, 4) is 0 Å². The Bertz CT molecular complexity index is 464. The summed E-state index contributed by atoms with van der Waals surface area (Å²) in [6, 6.07) is 9.67. The average Bonchev–Trinajstić information content (AvgIpc) is 2.41. The minimum atomic E-state index is -3.03. The zero-order valence-corrected chi connectivity index (χ0v) is 12.6. The van der Waals surface area contributed by atoms with Crippen molar-refractivity contribution in [2.75, 3.05) is 13.1 Å². The Balaban J connectivity index is 0.00000220. The lowest BCUT2D eigenvalue weighted by atomic mass is 9.64. The number of hydrogen-bond donors (Lipinski definition) is 2. The molecule has 0 aromatic heterocycles. The van der Waals surface area contributed by atoms with Crippen molar-refractivity contribution in [2.45, 2.75) is 31.6 Å². The lowest BCUT2D eigenvalue weighted by molar-refractivity contribution is -0.137. The molecule has 118 valence electrons. The lowest BCUT2D eigenvalue weighted by Gasteiger charge is -2.40. The maximum Gasteiger partial charge on any atom is 0.277 e. The molecule has 2 rings (SSSR count). The molecule has 3 nitrogen and oxygen atoms in total. The number of hydrogen-bond acceptors (Lipinski definition) is 2. The van der Waals surface area contributed by atoms with Gasteiger partial charge in [0.25, 0.3) is 5.92 Å². The number of carbonyl (C=O) groups is 1. The summed E-state index contributed by atoms with van der Waals surface area (Å²) < 4.78 is 26.2. The van der Waals surface area contributed by atoms with Crippen molar-refractivity contribution < 1.29 is 13.6 Å². The second kappa shape index (κ2) is 7.18. The standard InChI is InChI=1S/C15H20F2N2O.ClH/c16-15(17,10-18)11-19-13(20)14(7-4-8-14)9-12-5-2-1-3-6-12;/h1-3,5-6H,4,7-11,18H2,(H,19,20);1H. The molecule has 0 aliphatic heterocycles. The topological polar surface area (TPSA) is 55.1 Å². The van der Waals surface area contributed by atoms with Crippen LogP contribution >= 0.6 is 12.4 Å². The van der Waals surface area contributed by atoms with Gasteiger partial charge in [0.15, 0.2) is 0 Å². The van der Waals surface area contributed by atoms with Gasteiger partial charge in [0.1, 0.15) is 0 Å². The minimum absolute atomic E-state index is 0. The predicted molar refractivity (Wildman–Crippen MR) is 80.7 cm³/mol. The lowest BCUT2D eigenvalue weighted by Crippen LogP contribution is -2.51. The smallest absolute Gasteiger partial charge is 0.277 e. The van der Waals surface area contributed by atoms with Crippen molar-refractivity contribution in [1.29, 1.82) is 0 Å². The Kier molecular flexibility index (Phi) is 6.10. The molecule has 1 saturated carbocycles. The van der Waals surface area contributed by atoms with E-state index in [0.29, 0.717) is 6.42 Å². The van der Waals surface area contributed by atoms with Gasteiger partial charge in [0, 0.05) is 0 Å². The second-order valence-electron chi connectivity index (χ2n) is 5.54. The van der Waals surface area contributed by atoms with Crippen LogP contribution in [0.3, 0.4) is 0 Å².